The molecule has 0 atom stereocenters. The van der Waals surface area contributed by atoms with Crippen LogP contribution in [-0.2, 0) is 16.1 Å². The Labute approximate surface area is 78.6 Å². The minimum atomic E-state index is -0.687. The van der Waals surface area contributed by atoms with Crippen LogP contribution >= 0.6 is 0 Å². The summed E-state index contributed by atoms with van der Waals surface area (Å²) >= 11 is 0. The Morgan fingerprint density at radius 3 is 2.57 bits per heavy atom. The Morgan fingerprint density at radius 2 is 2.00 bits per heavy atom. The lowest BCUT2D eigenvalue weighted by Crippen LogP contribution is -2.25. The van der Waals surface area contributed by atoms with Crippen LogP contribution < -0.4 is 10.6 Å². The lowest BCUT2D eigenvalue weighted by atomic mass is 10.4. The highest BCUT2D eigenvalue weighted by molar-refractivity contribution is 6.45. The largest absolute Gasteiger partial charge is 0.316 e. The van der Waals surface area contributed by atoms with Crippen molar-refractivity contribution >= 4 is 17.8 Å². The van der Waals surface area contributed by atoms with Gasteiger partial charge in [-0.2, -0.15) is 5.10 Å². The molecule has 3 N–H and O–H groups in total. The predicted molar refractivity (Wildman–Crippen MR) is 46.0 cm³/mol. The zero-order valence-corrected chi connectivity index (χ0v) is 7.07. The zero-order chi connectivity index (χ0) is 9.97. The highest BCUT2D eigenvalue weighted by Crippen LogP contribution is 1.94. The number of hydrogen-bond acceptors (Lipinski definition) is 4. The lowest BCUT2D eigenvalue weighted by Gasteiger charge is -1.94. The number of aliphatic imine (C=N–C) groups is 1. The molecule has 1 fully saturated rings. The van der Waals surface area contributed by atoms with Gasteiger partial charge in [0.15, 0.2) is 0 Å². The van der Waals surface area contributed by atoms with E-state index in [4.69, 9.17) is 0 Å². The van der Waals surface area contributed by atoms with Crippen LogP contribution in [0.3, 0.4) is 0 Å². The number of aromatic nitrogens is 2. The van der Waals surface area contributed by atoms with E-state index < -0.39 is 11.8 Å². The molecule has 1 saturated heterocycles. The molecule has 7 nitrogen and oxygen atoms in total. The fraction of sp³-hybridized carbons (Fsp3) is 0.143. The van der Waals surface area contributed by atoms with Gasteiger partial charge in [0.05, 0.1) is 12.2 Å². The molecule has 14 heavy (non-hydrogen) atoms. The van der Waals surface area contributed by atoms with Crippen molar-refractivity contribution < 1.29 is 9.59 Å². The van der Waals surface area contributed by atoms with E-state index >= 15 is 0 Å². The van der Waals surface area contributed by atoms with E-state index in [1.54, 1.807) is 12.3 Å². The Kier molecular flexibility index (Phi) is 1.98. The fourth-order valence-electron chi connectivity index (χ4n) is 0.976. The van der Waals surface area contributed by atoms with E-state index in [0.29, 0.717) is 6.54 Å². The second kappa shape index (κ2) is 3.29. The minimum absolute atomic E-state index is 0.176. The normalized spacial score (nSPS) is 15.3. The maximum Gasteiger partial charge on any atom is 0.316 e. The second-order valence-electron chi connectivity index (χ2n) is 2.65. The van der Waals surface area contributed by atoms with E-state index in [9.17, 15) is 9.59 Å². The summed E-state index contributed by atoms with van der Waals surface area (Å²) in [7, 11) is 0. The number of nitrogens with one attached hydrogen (secondary N) is 3. The van der Waals surface area contributed by atoms with Crippen molar-refractivity contribution in [1.29, 1.82) is 0 Å². The van der Waals surface area contributed by atoms with Crippen LogP contribution in [0.2, 0.25) is 0 Å². The molecule has 0 radical (unpaired) electrons. The monoisotopic (exact) mass is 193 g/mol. The van der Waals surface area contributed by atoms with E-state index in [0.717, 1.165) is 5.69 Å². The van der Waals surface area contributed by atoms with Crippen molar-refractivity contribution in [3.8, 4) is 0 Å². The van der Waals surface area contributed by atoms with Gasteiger partial charge in [-0.15, -0.1) is 0 Å². The third kappa shape index (κ3) is 1.60. The van der Waals surface area contributed by atoms with Crippen LogP contribution in [0.4, 0.5) is 0 Å². The standard InChI is InChI=1S/C7H7N5O2/c13-5-6(14)11-7(10-5)8-3-4-1-2-9-12-4/h1-2H,3H2,(H,9,12)(H2,8,10,11,13,14). The zero-order valence-electron chi connectivity index (χ0n) is 7.07. The van der Waals surface area contributed by atoms with Gasteiger partial charge < -0.3 is 0 Å². The molecule has 7 heteroatoms. The van der Waals surface area contributed by atoms with E-state index in [2.05, 4.69) is 25.8 Å². The van der Waals surface area contributed by atoms with Gasteiger partial charge in [-0.3, -0.25) is 25.3 Å². The lowest BCUT2D eigenvalue weighted by molar-refractivity contribution is -0.135. The smallest absolute Gasteiger partial charge is 0.288 e. The molecule has 0 bridgehead atoms. The van der Waals surface area contributed by atoms with Crippen LogP contribution in [0.15, 0.2) is 17.3 Å². The molecule has 0 spiro atoms. The predicted octanol–water partition coefficient (Wildman–Crippen LogP) is -1.49. The van der Waals surface area contributed by atoms with Crippen molar-refractivity contribution in [3.05, 3.63) is 18.0 Å². The second-order valence-corrected chi connectivity index (χ2v) is 2.65. The highest BCUT2D eigenvalue weighted by atomic mass is 16.2. The summed E-state index contributed by atoms with van der Waals surface area (Å²) in [6.45, 7) is 0.329. The van der Waals surface area contributed by atoms with Gasteiger partial charge in [0.25, 0.3) is 0 Å². The van der Waals surface area contributed by atoms with E-state index in [1.165, 1.54) is 0 Å². The van der Waals surface area contributed by atoms with Crippen molar-refractivity contribution in [2.75, 3.05) is 0 Å². The molecule has 2 heterocycles. The summed E-state index contributed by atoms with van der Waals surface area (Å²) in [6.07, 6.45) is 1.60. The first-order valence-corrected chi connectivity index (χ1v) is 3.91. The quantitative estimate of drug-likeness (QED) is 0.499. The van der Waals surface area contributed by atoms with Gasteiger partial charge in [-0.05, 0) is 6.07 Å². The van der Waals surface area contributed by atoms with Crippen LogP contribution in [0.5, 0.6) is 0 Å². The Balaban J connectivity index is 2.00. The third-order valence-electron chi connectivity index (χ3n) is 1.64. The number of guanidine groups is 1. The average Bonchev–Trinajstić information content (AvgIpc) is 2.74. The maximum absolute atomic E-state index is 10.7. The fourth-order valence-corrected chi connectivity index (χ4v) is 0.976. The van der Waals surface area contributed by atoms with Crippen molar-refractivity contribution in [2.45, 2.75) is 6.54 Å². The van der Waals surface area contributed by atoms with Crippen molar-refractivity contribution in [1.82, 2.24) is 20.8 Å². The molecule has 1 aromatic rings. The average molecular weight is 193 g/mol. The summed E-state index contributed by atoms with van der Waals surface area (Å²) in [5, 5.41) is 11.0. The molecule has 0 aliphatic carbocycles. The van der Waals surface area contributed by atoms with Crippen LogP contribution in [0.1, 0.15) is 5.69 Å². The minimum Gasteiger partial charge on any atom is -0.288 e. The molecule has 1 aliphatic heterocycles. The van der Waals surface area contributed by atoms with Gasteiger partial charge in [-0.25, -0.2) is 4.99 Å². The van der Waals surface area contributed by atoms with Crippen LogP contribution in [0.25, 0.3) is 0 Å². The SMILES string of the molecule is O=C1NC(=NCc2ccn[nH]2)NC1=O. The Morgan fingerprint density at radius 1 is 1.29 bits per heavy atom. The van der Waals surface area contributed by atoms with Gasteiger partial charge in [0.2, 0.25) is 5.96 Å². The first-order chi connectivity index (χ1) is 6.75. The molecule has 2 rings (SSSR count). The van der Waals surface area contributed by atoms with Gasteiger partial charge in [0, 0.05) is 6.20 Å². The molecule has 1 aromatic heterocycles. The molecule has 0 aromatic carbocycles. The number of nitrogens with zero attached hydrogens (tertiary/aromatic N) is 2. The topological polar surface area (TPSA) is 99.2 Å². The number of hydrogen-bond donors (Lipinski definition) is 3. The number of aromatic amines is 1. The van der Waals surface area contributed by atoms with E-state index in [-0.39, 0.29) is 5.96 Å². The van der Waals surface area contributed by atoms with Gasteiger partial charge in [0.1, 0.15) is 0 Å². The Bertz CT molecular complexity index is 376. The van der Waals surface area contributed by atoms with Crippen molar-refractivity contribution in [2.24, 2.45) is 4.99 Å². The number of amides is 2. The summed E-state index contributed by atoms with van der Waals surface area (Å²) in [5.74, 6) is -1.20. The molecular formula is C7H7N5O2. The van der Waals surface area contributed by atoms with Crippen molar-refractivity contribution in [3.63, 3.8) is 0 Å². The first-order valence-electron chi connectivity index (χ1n) is 3.91. The van der Waals surface area contributed by atoms with Gasteiger partial charge >= 0.3 is 11.8 Å². The summed E-state index contributed by atoms with van der Waals surface area (Å²) in [6, 6.07) is 1.75. The summed E-state index contributed by atoms with van der Waals surface area (Å²) in [5.41, 5.74) is 0.799. The van der Waals surface area contributed by atoms with E-state index in [1.807, 2.05) is 0 Å². The molecule has 0 saturated carbocycles. The maximum atomic E-state index is 10.7. The van der Waals surface area contributed by atoms with Crippen LogP contribution in [0, 0.1) is 0 Å². The third-order valence-corrected chi connectivity index (χ3v) is 1.64. The van der Waals surface area contributed by atoms with Crippen LogP contribution in [-0.4, -0.2) is 28.0 Å². The number of carbonyl (C=O) groups excluding carboxylic acids is 2. The van der Waals surface area contributed by atoms with Gasteiger partial charge in [-0.1, -0.05) is 0 Å². The molecular weight excluding hydrogens is 186 g/mol. The number of rotatable bonds is 2. The molecule has 0 unspecified atom stereocenters. The Hall–Kier alpha value is -2.18. The molecule has 1 aliphatic rings. The first kappa shape index (κ1) is 8.42. The molecule has 2 amide bonds. The highest BCUT2D eigenvalue weighted by Gasteiger charge is 2.24. The number of H-pyrrole nitrogens is 1. The summed E-state index contributed by atoms with van der Waals surface area (Å²) < 4.78 is 0. The molecule has 72 valence electrons. The summed E-state index contributed by atoms with van der Waals surface area (Å²) in [4.78, 5) is 25.4. The number of carbonyl (C=O) groups is 2.